The SMILES string of the molecule is CCN(Cc1ccco1)S(=O)(=O)c1ccc(OC)c(F)c1. The molecule has 0 amide bonds. The molecule has 0 aliphatic carbocycles. The van der Waals surface area contributed by atoms with E-state index in [2.05, 4.69) is 0 Å². The molecule has 0 unspecified atom stereocenters. The quantitative estimate of drug-likeness (QED) is 0.822. The zero-order valence-electron chi connectivity index (χ0n) is 11.7. The van der Waals surface area contributed by atoms with Crippen LogP contribution in [0.25, 0.3) is 0 Å². The average molecular weight is 313 g/mol. The van der Waals surface area contributed by atoms with E-state index >= 15 is 0 Å². The normalized spacial score (nSPS) is 11.8. The largest absolute Gasteiger partial charge is 0.494 e. The van der Waals surface area contributed by atoms with E-state index in [1.54, 1.807) is 19.1 Å². The summed E-state index contributed by atoms with van der Waals surface area (Å²) >= 11 is 0. The number of rotatable bonds is 6. The second-order valence-electron chi connectivity index (χ2n) is 4.31. The minimum Gasteiger partial charge on any atom is -0.494 e. The second-order valence-corrected chi connectivity index (χ2v) is 6.24. The summed E-state index contributed by atoms with van der Waals surface area (Å²) in [5, 5.41) is 0. The van der Waals surface area contributed by atoms with Gasteiger partial charge in [0.2, 0.25) is 10.0 Å². The molecule has 0 N–H and O–H groups in total. The lowest BCUT2D eigenvalue weighted by Crippen LogP contribution is -2.30. The topological polar surface area (TPSA) is 59.8 Å². The summed E-state index contributed by atoms with van der Waals surface area (Å²) in [6.07, 6.45) is 1.48. The summed E-state index contributed by atoms with van der Waals surface area (Å²) in [6.45, 7) is 2.05. The van der Waals surface area contributed by atoms with Crippen LogP contribution >= 0.6 is 0 Å². The first-order chi connectivity index (χ1) is 9.98. The Morgan fingerprint density at radius 2 is 2.10 bits per heavy atom. The number of sulfonamides is 1. The lowest BCUT2D eigenvalue weighted by molar-refractivity contribution is 0.373. The molecule has 0 saturated carbocycles. The van der Waals surface area contributed by atoms with Crippen molar-refractivity contribution in [3.8, 4) is 5.75 Å². The molecule has 7 heteroatoms. The van der Waals surface area contributed by atoms with Crippen LogP contribution < -0.4 is 4.74 Å². The van der Waals surface area contributed by atoms with Gasteiger partial charge in [0.1, 0.15) is 5.76 Å². The van der Waals surface area contributed by atoms with Crippen molar-refractivity contribution >= 4 is 10.0 Å². The van der Waals surface area contributed by atoms with Crippen molar-refractivity contribution in [2.75, 3.05) is 13.7 Å². The van der Waals surface area contributed by atoms with Crippen molar-refractivity contribution in [3.63, 3.8) is 0 Å². The van der Waals surface area contributed by atoms with E-state index in [4.69, 9.17) is 9.15 Å². The molecule has 5 nitrogen and oxygen atoms in total. The van der Waals surface area contributed by atoms with E-state index in [1.165, 1.54) is 29.8 Å². The van der Waals surface area contributed by atoms with Gasteiger partial charge in [-0.3, -0.25) is 0 Å². The molecule has 1 aromatic carbocycles. The van der Waals surface area contributed by atoms with Gasteiger partial charge in [0.15, 0.2) is 11.6 Å². The zero-order valence-corrected chi connectivity index (χ0v) is 12.6. The molecule has 2 rings (SSSR count). The molecule has 114 valence electrons. The fraction of sp³-hybridized carbons (Fsp3) is 0.286. The van der Waals surface area contributed by atoms with Crippen LogP contribution in [-0.2, 0) is 16.6 Å². The number of hydrogen-bond donors (Lipinski definition) is 0. The molecule has 0 fully saturated rings. The summed E-state index contributed by atoms with van der Waals surface area (Å²) in [6, 6.07) is 6.94. The number of methoxy groups -OCH3 is 1. The number of ether oxygens (including phenoxy) is 1. The molecule has 0 saturated heterocycles. The monoisotopic (exact) mass is 313 g/mol. The van der Waals surface area contributed by atoms with Crippen LogP contribution in [0.5, 0.6) is 5.75 Å². The van der Waals surface area contributed by atoms with Crippen molar-refractivity contribution in [2.45, 2.75) is 18.4 Å². The van der Waals surface area contributed by atoms with E-state index in [0.29, 0.717) is 5.76 Å². The Labute approximate surface area is 123 Å². The van der Waals surface area contributed by atoms with Crippen molar-refractivity contribution in [1.29, 1.82) is 0 Å². The van der Waals surface area contributed by atoms with Gasteiger partial charge in [-0.25, -0.2) is 12.8 Å². The van der Waals surface area contributed by atoms with Gasteiger partial charge < -0.3 is 9.15 Å². The van der Waals surface area contributed by atoms with Gasteiger partial charge >= 0.3 is 0 Å². The molecule has 0 atom stereocenters. The summed E-state index contributed by atoms with van der Waals surface area (Å²) < 4.78 is 49.9. The molecule has 0 radical (unpaired) electrons. The van der Waals surface area contributed by atoms with Crippen LogP contribution in [0.3, 0.4) is 0 Å². The Hall–Kier alpha value is -1.86. The van der Waals surface area contributed by atoms with E-state index in [9.17, 15) is 12.8 Å². The predicted octanol–water partition coefficient (Wildman–Crippen LogP) is 2.64. The average Bonchev–Trinajstić information content (AvgIpc) is 2.97. The van der Waals surface area contributed by atoms with Gasteiger partial charge in [-0.1, -0.05) is 6.92 Å². The third kappa shape index (κ3) is 3.25. The zero-order chi connectivity index (χ0) is 15.5. The Kier molecular flexibility index (Phi) is 4.64. The van der Waals surface area contributed by atoms with E-state index in [1.807, 2.05) is 0 Å². The summed E-state index contributed by atoms with van der Waals surface area (Å²) in [5.74, 6) is -0.190. The van der Waals surface area contributed by atoms with Crippen molar-refractivity contribution in [3.05, 3.63) is 48.2 Å². The second kappa shape index (κ2) is 6.28. The Morgan fingerprint density at radius 3 is 2.62 bits per heavy atom. The fourth-order valence-electron chi connectivity index (χ4n) is 1.90. The molecule has 2 aromatic rings. The van der Waals surface area contributed by atoms with Crippen LogP contribution in [0.4, 0.5) is 4.39 Å². The van der Waals surface area contributed by atoms with Gasteiger partial charge in [-0.2, -0.15) is 4.31 Å². The third-order valence-corrected chi connectivity index (χ3v) is 4.94. The number of furan rings is 1. The molecule has 1 heterocycles. The molecule has 21 heavy (non-hydrogen) atoms. The first-order valence-corrected chi connectivity index (χ1v) is 7.79. The van der Waals surface area contributed by atoms with Crippen molar-refractivity contribution in [2.24, 2.45) is 0 Å². The van der Waals surface area contributed by atoms with E-state index in [0.717, 1.165) is 6.07 Å². The fourth-order valence-corrected chi connectivity index (χ4v) is 3.33. The number of benzene rings is 1. The standard InChI is InChI=1S/C14H16FNO4S/c1-3-16(10-11-5-4-8-20-11)21(17,18)12-6-7-14(19-2)13(15)9-12/h4-9H,3,10H2,1-2H3. The Bertz CT molecular complexity index is 698. The lowest BCUT2D eigenvalue weighted by Gasteiger charge is -2.19. The first-order valence-electron chi connectivity index (χ1n) is 6.35. The highest BCUT2D eigenvalue weighted by atomic mass is 32.2. The molecular weight excluding hydrogens is 297 g/mol. The van der Waals surface area contributed by atoms with Gasteiger partial charge in [0.05, 0.1) is 24.8 Å². The lowest BCUT2D eigenvalue weighted by atomic mass is 10.3. The van der Waals surface area contributed by atoms with Crippen LogP contribution in [0.1, 0.15) is 12.7 Å². The van der Waals surface area contributed by atoms with Crippen molar-refractivity contribution in [1.82, 2.24) is 4.31 Å². The maximum Gasteiger partial charge on any atom is 0.243 e. The van der Waals surface area contributed by atoms with Crippen LogP contribution in [0.15, 0.2) is 45.9 Å². The smallest absolute Gasteiger partial charge is 0.243 e. The maximum atomic E-state index is 13.7. The van der Waals surface area contributed by atoms with Crippen molar-refractivity contribution < 1.29 is 22.0 Å². The minimum atomic E-state index is -3.80. The van der Waals surface area contributed by atoms with Crippen LogP contribution in [0.2, 0.25) is 0 Å². The summed E-state index contributed by atoms with van der Waals surface area (Å²) in [7, 11) is -2.48. The predicted molar refractivity (Wildman–Crippen MR) is 74.9 cm³/mol. The Morgan fingerprint density at radius 1 is 1.33 bits per heavy atom. The highest BCUT2D eigenvalue weighted by Crippen LogP contribution is 2.24. The molecule has 0 bridgehead atoms. The summed E-state index contributed by atoms with van der Waals surface area (Å²) in [5.41, 5.74) is 0. The molecule has 1 aromatic heterocycles. The highest BCUT2D eigenvalue weighted by molar-refractivity contribution is 7.89. The Balaban J connectivity index is 2.32. The molecule has 0 spiro atoms. The van der Waals surface area contributed by atoms with Gasteiger partial charge in [-0.05, 0) is 30.3 Å². The van der Waals surface area contributed by atoms with E-state index in [-0.39, 0.29) is 23.7 Å². The van der Waals surface area contributed by atoms with Gasteiger partial charge in [0.25, 0.3) is 0 Å². The van der Waals surface area contributed by atoms with Crippen LogP contribution in [-0.4, -0.2) is 26.4 Å². The summed E-state index contributed by atoms with van der Waals surface area (Å²) in [4.78, 5) is -0.116. The van der Waals surface area contributed by atoms with Gasteiger partial charge in [-0.15, -0.1) is 0 Å². The molecular formula is C14H16FNO4S. The van der Waals surface area contributed by atoms with Crippen LogP contribution in [0, 0.1) is 5.82 Å². The number of hydrogen-bond acceptors (Lipinski definition) is 4. The maximum absolute atomic E-state index is 13.7. The molecule has 0 aliphatic heterocycles. The third-order valence-electron chi connectivity index (χ3n) is 3.03. The number of nitrogens with zero attached hydrogens (tertiary/aromatic N) is 1. The van der Waals surface area contributed by atoms with E-state index < -0.39 is 15.8 Å². The molecule has 0 aliphatic rings. The minimum absolute atomic E-state index is 0.00281. The number of halogens is 1. The first kappa shape index (κ1) is 15.5. The highest BCUT2D eigenvalue weighted by Gasteiger charge is 2.25. The van der Waals surface area contributed by atoms with Gasteiger partial charge in [0, 0.05) is 6.54 Å².